The maximum atomic E-state index is 12.0. The van der Waals surface area contributed by atoms with E-state index in [0.29, 0.717) is 22.8 Å². The maximum absolute atomic E-state index is 12.0. The van der Waals surface area contributed by atoms with Crippen molar-refractivity contribution in [3.63, 3.8) is 0 Å². The molecule has 0 radical (unpaired) electrons. The highest BCUT2D eigenvalue weighted by Crippen LogP contribution is 2.35. The lowest BCUT2D eigenvalue weighted by Crippen LogP contribution is -2.36. The van der Waals surface area contributed by atoms with E-state index in [2.05, 4.69) is 4.72 Å². The third-order valence-electron chi connectivity index (χ3n) is 2.80. The smallest absolute Gasteiger partial charge is 0.244 e. The molecule has 1 heterocycles. The second-order valence-corrected chi connectivity index (χ2v) is 6.61. The minimum atomic E-state index is -3.57. The van der Waals surface area contributed by atoms with Crippen LogP contribution in [0.5, 0.6) is 5.75 Å². The lowest BCUT2D eigenvalue weighted by molar-refractivity contribution is -0.120. The molecule has 7 heteroatoms. The van der Waals surface area contributed by atoms with Crippen molar-refractivity contribution in [2.75, 3.05) is 12.4 Å². The number of fused-ring (bicyclic) bond motifs is 1. The lowest BCUT2D eigenvalue weighted by atomic mass is 10.0. The van der Waals surface area contributed by atoms with Crippen LogP contribution >= 0.6 is 11.6 Å². The number of sulfonamides is 1. The van der Waals surface area contributed by atoms with Crippen LogP contribution in [0.3, 0.4) is 0 Å². The van der Waals surface area contributed by atoms with E-state index in [-0.39, 0.29) is 12.4 Å². The summed E-state index contributed by atoms with van der Waals surface area (Å²) >= 11 is 5.87. The molecular weight excluding hydrogens is 290 g/mol. The predicted octanol–water partition coefficient (Wildman–Crippen LogP) is 1.67. The molecule has 5 nitrogen and oxygen atoms in total. The maximum Gasteiger partial charge on any atom is 0.244 e. The van der Waals surface area contributed by atoms with E-state index in [0.717, 1.165) is 0 Å². The highest BCUT2D eigenvalue weighted by atomic mass is 35.5. The molecule has 0 saturated carbocycles. The van der Waals surface area contributed by atoms with E-state index in [1.54, 1.807) is 25.1 Å². The van der Waals surface area contributed by atoms with Gasteiger partial charge in [-0.1, -0.05) is 18.5 Å². The lowest BCUT2D eigenvalue weighted by Gasteiger charge is -2.10. The molecule has 19 heavy (non-hydrogen) atoms. The Balaban J connectivity index is 2.18. The predicted molar refractivity (Wildman–Crippen MR) is 71.9 cm³/mol. The number of carbonyl (C=O) groups is 1. The number of nitrogens with one attached hydrogen (secondary N) is 1. The molecule has 1 N–H and O–H groups in total. The van der Waals surface area contributed by atoms with Crippen LogP contribution in [0.4, 0.5) is 0 Å². The number of rotatable bonds is 4. The highest BCUT2D eigenvalue weighted by molar-refractivity contribution is 7.90. The fourth-order valence-corrected chi connectivity index (χ4v) is 3.22. The first kappa shape index (κ1) is 14.1. The summed E-state index contributed by atoms with van der Waals surface area (Å²) in [5, 5.41) is 0.485. The molecule has 0 aromatic heterocycles. The number of benzene rings is 1. The molecule has 0 spiro atoms. The van der Waals surface area contributed by atoms with Crippen molar-refractivity contribution in [3.05, 3.63) is 28.8 Å². The topological polar surface area (TPSA) is 72.5 Å². The Kier molecular flexibility index (Phi) is 4.01. The third-order valence-corrected chi connectivity index (χ3v) is 4.49. The van der Waals surface area contributed by atoms with E-state index in [1.807, 2.05) is 0 Å². The summed E-state index contributed by atoms with van der Waals surface area (Å²) in [7, 11) is -3.57. The van der Waals surface area contributed by atoms with Crippen molar-refractivity contribution in [3.8, 4) is 5.75 Å². The largest absolute Gasteiger partial charge is 0.492 e. The summed E-state index contributed by atoms with van der Waals surface area (Å²) in [6.45, 7) is 1.86. The average Bonchev–Trinajstić information content (AvgIpc) is 2.70. The molecule has 1 aromatic carbocycles. The van der Waals surface area contributed by atoms with E-state index >= 15 is 0 Å². The van der Waals surface area contributed by atoms with E-state index in [1.165, 1.54) is 0 Å². The second kappa shape index (κ2) is 5.38. The zero-order valence-electron chi connectivity index (χ0n) is 10.3. The van der Waals surface area contributed by atoms with Gasteiger partial charge in [-0.25, -0.2) is 8.42 Å². The standard InChI is InChI=1S/C12H14ClNO4S/c1-2-5-19(16,17)14-12(15)10-7-18-11-4-3-8(13)6-9(10)11/h3-4,6,10H,2,5,7H2,1H3,(H,14,15)/t10-/m1/s1. The van der Waals surface area contributed by atoms with Gasteiger partial charge in [-0.3, -0.25) is 9.52 Å². The van der Waals surface area contributed by atoms with Crippen LogP contribution < -0.4 is 9.46 Å². The van der Waals surface area contributed by atoms with E-state index in [4.69, 9.17) is 16.3 Å². The van der Waals surface area contributed by atoms with Gasteiger partial charge in [-0.15, -0.1) is 0 Å². The first-order chi connectivity index (χ1) is 8.93. The fraction of sp³-hybridized carbons (Fsp3) is 0.417. The van der Waals surface area contributed by atoms with Crippen LogP contribution in [-0.2, 0) is 14.8 Å². The molecule has 0 fully saturated rings. The Hall–Kier alpha value is -1.27. The van der Waals surface area contributed by atoms with E-state index < -0.39 is 21.8 Å². The Morgan fingerprint density at radius 3 is 2.95 bits per heavy atom. The normalized spacial score (nSPS) is 17.7. The second-order valence-electron chi connectivity index (χ2n) is 4.33. The third kappa shape index (κ3) is 3.19. The van der Waals surface area contributed by atoms with Gasteiger partial charge in [0, 0.05) is 10.6 Å². The fourth-order valence-electron chi connectivity index (χ4n) is 1.95. The molecule has 0 unspecified atom stereocenters. The van der Waals surface area contributed by atoms with Crippen LogP contribution in [0.2, 0.25) is 5.02 Å². The summed E-state index contributed by atoms with van der Waals surface area (Å²) in [5.41, 5.74) is 0.622. The summed E-state index contributed by atoms with van der Waals surface area (Å²) in [5.74, 6) is -0.721. The van der Waals surface area contributed by atoms with Gasteiger partial charge in [0.2, 0.25) is 15.9 Å². The van der Waals surface area contributed by atoms with Gasteiger partial charge in [0.05, 0.1) is 5.75 Å². The quantitative estimate of drug-likeness (QED) is 0.918. The molecule has 0 saturated heterocycles. The number of ether oxygens (including phenoxy) is 1. The number of halogens is 1. The van der Waals surface area contributed by atoms with Crippen LogP contribution in [0.1, 0.15) is 24.8 Å². The van der Waals surface area contributed by atoms with Crippen molar-refractivity contribution in [1.82, 2.24) is 4.72 Å². The zero-order valence-corrected chi connectivity index (χ0v) is 11.9. The molecular formula is C12H14ClNO4S. The number of carbonyl (C=O) groups excluding carboxylic acids is 1. The Bertz CT molecular complexity index is 600. The number of hydrogen-bond donors (Lipinski definition) is 1. The van der Waals surface area contributed by atoms with Crippen molar-refractivity contribution >= 4 is 27.5 Å². The van der Waals surface area contributed by atoms with Crippen molar-refractivity contribution in [1.29, 1.82) is 0 Å². The Morgan fingerprint density at radius 1 is 1.53 bits per heavy atom. The van der Waals surface area contributed by atoms with Gasteiger partial charge in [0.25, 0.3) is 0 Å². The van der Waals surface area contributed by atoms with Crippen LogP contribution in [-0.4, -0.2) is 26.7 Å². The number of amides is 1. The Morgan fingerprint density at radius 2 is 2.26 bits per heavy atom. The molecule has 0 aliphatic carbocycles. The van der Waals surface area contributed by atoms with Gasteiger partial charge in [-0.05, 0) is 24.6 Å². The molecule has 1 atom stereocenters. The monoisotopic (exact) mass is 303 g/mol. The zero-order chi connectivity index (χ0) is 14.0. The highest BCUT2D eigenvalue weighted by Gasteiger charge is 2.32. The van der Waals surface area contributed by atoms with Crippen LogP contribution in [0.15, 0.2) is 18.2 Å². The molecule has 1 aromatic rings. The Labute approximate surface area is 117 Å². The average molecular weight is 304 g/mol. The molecule has 1 aliphatic rings. The molecule has 1 amide bonds. The summed E-state index contributed by atoms with van der Waals surface area (Å²) in [6.07, 6.45) is 0.451. The van der Waals surface area contributed by atoms with Crippen LogP contribution in [0.25, 0.3) is 0 Å². The van der Waals surface area contributed by atoms with Gasteiger partial charge < -0.3 is 4.74 Å². The SMILES string of the molecule is CCCS(=O)(=O)NC(=O)[C@@H]1COc2ccc(Cl)cc21. The van der Waals surface area contributed by atoms with Gasteiger partial charge in [0.15, 0.2) is 0 Å². The summed E-state index contributed by atoms with van der Waals surface area (Å²) in [6, 6.07) is 4.96. The first-order valence-electron chi connectivity index (χ1n) is 5.89. The van der Waals surface area contributed by atoms with Gasteiger partial charge >= 0.3 is 0 Å². The first-order valence-corrected chi connectivity index (χ1v) is 7.92. The molecule has 0 bridgehead atoms. The van der Waals surface area contributed by atoms with Gasteiger partial charge in [-0.2, -0.15) is 0 Å². The van der Waals surface area contributed by atoms with Crippen molar-refractivity contribution < 1.29 is 17.9 Å². The minimum Gasteiger partial charge on any atom is -0.492 e. The summed E-state index contributed by atoms with van der Waals surface area (Å²) in [4.78, 5) is 12.0. The molecule has 104 valence electrons. The minimum absolute atomic E-state index is 0.0747. The molecule has 1 aliphatic heterocycles. The van der Waals surface area contributed by atoms with Crippen molar-refractivity contribution in [2.24, 2.45) is 0 Å². The molecule has 2 rings (SSSR count). The van der Waals surface area contributed by atoms with Gasteiger partial charge in [0.1, 0.15) is 18.3 Å². The summed E-state index contributed by atoms with van der Waals surface area (Å²) < 4.78 is 30.6. The van der Waals surface area contributed by atoms with Crippen LogP contribution in [0, 0.1) is 0 Å². The number of hydrogen-bond acceptors (Lipinski definition) is 4. The van der Waals surface area contributed by atoms with E-state index in [9.17, 15) is 13.2 Å². The van der Waals surface area contributed by atoms with Crippen molar-refractivity contribution in [2.45, 2.75) is 19.3 Å².